The maximum atomic E-state index is 6.30. The second-order valence-electron chi connectivity index (χ2n) is 5.06. The summed E-state index contributed by atoms with van der Waals surface area (Å²) in [6, 6.07) is 9.07. The lowest BCUT2D eigenvalue weighted by molar-refractivity contribution is 0.965. The second kappa shape index (κ2) is 6.01. The molecule has 0 saturated heterocycles. The van der Waals surface area contributed by atoms with Gasteiger partial charge in [0.2, 0.25) is 10.9 Å². The molecule has 0 amide bonds. The standard InChI is InChI=1S/C15H10Cl2N6S/c1-8-2-5-13(21-20-8)18-14-19-15-23(22-14)12(7-24-15)10-4-3-9(16)6-11(10)17/h2-7H,1H3,(H,18,21,22). The highest BCUT2D eigenvalue weighted by Gasteiger charge is 2.14. The molecule has 6 nitrogen and oxygen atoms in total. The molecule has 0 saturated carbocycles. The van der Waals surface area contributed by atoms with Gasteiger partial charge in [-0.05, 0) is 37.3 Å². The maximum Gasteiger partial charge on any atom is 0.249 e. The number of aryl methyl sites for hydroxylation is 1. The summed E-state index contributed by atoms with van der Waals surface area (Å²) < 4.78 is 1.74. The molecule has 0 spiro atoms. The van der Waals surface area contributed by atoms with E-state index in [2.05, 4.69) is 25.6 Å². The Labute approximate surface area is 151 Å². The van der Waals surface area contributed by atoms with E-state index in [1.165, 1.54) is 11.3 Å². The van der Waals surface area contributed by atoms with Crippen molar-refractivity contribution in [2.75, 3.05) is 5.32 Å². The average molecular weight is 377 g/mol. The Balaban J connectivity index is 1.72. The molecule has 0 unspecified atom stereocenters. The largest absolute Gasteiger partial charge is 0.306 e. The number of halogens is 2. The van der Waals surface area contributed by atoms with Crippen LogP contribution in [0.5, 0.6) is 0 Å². The quantitative estimate of drug-likeness (QED) is 0.565. The third-order valence-corrected chi connectivity index (χ3v) is 4.69. The van der Waals surface area contributed by atoms with Crippen molar-refractivity contribution in [1.82, 2.24) is 24.8 Å². The Morgan fingerprint density at radius 1 is 1.12 bits per heavy atom. The van der Waals surface area contributed by atoms with Crippen LogP contribution in [0.25, 0.3) is 16.2 Å². The lowest BCUT2D eigenvalue weighted by Gasteiger charge is -2.03. The molecule has 1 aromatic carbocycles. The van der Waals surface area contributed by atoms with Gasteiger partial charge in [0.25, 0.3) is 0 Å². The second-order valence-corrected chi connectivity index (χ2v) is 6.74. The first-order valence-electron chi connectivity index (χ1n) is 6.97. The number of hydrogen-bond acceptors (Lipinski definition) is 6. The molecule has 0 aliphatic heterocycles. The molecular weight excluding hydrogens is 367 g/mol. The van der Waals surface area contributed by atoms with Crippen LogP contribution in [0.1, 0.15) is 5.69 Å². The van der Waals surface area contributed by atoms with Crippen LogP contribution in [-0.2, 0) is 0 Å². The Morgan fingerprint density at radius 3 is 2.75 bits per heavy atom. The maximum absolute atomic E-state index is 6.30. The molecule has 3 aromatic heterocycles. The Hall–Kier alpha value is -2.22. The smallest absolute Gasteiger partial charge is 0.249 e. The van der Waals surface area contributed by atoms with E-state index in [0.29, 0.717) is 21.8 Å². The van der Waals surface area contributed by atoms with Gasteiger partial charge in [-0.25, -0.2) is 4.52 Å². The van der Waals surface area contributed by atoms with Crippen molar-refractivity contribution in [3.8, 4) is 11.3 Å². The summed E-state index contributed by atoms with van der Waals surface area (Å²) >= 11 is 13.7. The molecule has 120 valence electrons. The zero-order valence-corrected chi connectivity index (χ0v) is 14.7. The Morgan fingerprint density at radius 2 is 2.00 bits per heavy atom. The van der Waals surface area contributed by atoms with Crippen molar-refractivity contribution in [2.45, 2.75) is 6.92 Å². The van der Waals surface area contributed by atoms with Crippen LogP contribution in [0.3, 0.4) is 0 Å². The molecule has 1 N–H and O–H groups in total. The van der Waals surface area contributed by atoms with Crippen LogP contribution in [0.2, 0.25) is 10.0 Å². The number of nitrogens with one attached hydrogen (secondary N) is 1. The van der Waals surface area contributed by atoms with Gasteiger partial charge in [-0.2, -0.15) is 10.1 Å². The van der Waals surface area contributed by atoms with Crippen LogP contribution in [0.4, 0.5) is 11.8 Å². The summed E-state index contributed by atoms with van der Waals surface area (Å²) in [6.45, 7) is 1.88. The van der Waals surface area contributed by atoms with E-state index in [0.717, 1.165) is 21.9 Å². The minimum Gasteiger partial charge on any atom is -0.306 e. The van der Waals surface area contributed by atoms with Crippen LogP contribution < -0.4 is 5.32 Å². The van der Waals surface area contributed by atoms with Gasteiger partial charge < -0.3 is 5.32 Å². The first kappa shape index (κ1) is 15.3. The lowest BCUT2D eigenvalue weighted by Crippen LogP contribution is -1.98. The number of fused-ring (bicyclic) bond motifs is 1. The van der Waals surface area contributed by atoms with Gasteiger partial charge in [0.1, 0.15) is 0 Å². The van der Waals surface area contributed by atoms with Crippen molar-refractivity contribution in [1.29, 1.82) is 0 Å². The van der Waals surface area contributed by atoms with Crippen molar-refractivity contribution < 1.29 is 0 Å². The number of anilines is 2. The number of nitrogens with zero attached hydrogens (tertiary/aromatic N) is 5. The topological polar surface area (TPSA) is 68.0 Å². The van der Waals surface area contributed by atoms with Crippen molar-refractivity contribution >= 4 is 51.3 Å². The molecule has 0 aliphatic carbocycles. The Kier molecular flexibility index (Phi) is 3.84. The summed E-state index contributed by atoms with van der Waals surface area (Å²) in [4.78, 5) is 5.19. The third kappa shape index (κ3) is 2.82. The summed E-state index contributed by atoms with van der Waals surface area (Å²) in [5.41, 5.74) is 2.55. The molecule has 0 fully saturated rings. The fraction of sp³-hybridized carbons (Fsp3) is 0.0667. The first-order valence-corrected chi connectivity index (χ1v) is 8.61. The minimum atomic E-state index is 0.450. The number of aromatic nitrogens is 5. The minimum absolute atomic E-state index is 0.450. The van der Waals surface area contributed by atoms with E-state index < -0.39 is 0 Å². The average Bonchev–Trinajstić information content (AvgIpc) is 3.10. The summed E-state index contributed by atoms with van der Waals surface area (Å²) in [5, 5.41) is 18.7. The Bertz CT molecular complexity index is 1020. The number of hydrogen-bond donors (Lipinski definition) is 1. The molecule has 0 radical (unpaired) electrons. The third-order valence-electron chi connectivity index (χ3n) is 3.33. The molecule has 4 rings (SSSR count). The number of benzene rings is 1. The van der Waals surface area contributed by atoms with Gasteiger partial charge in [-0.1, -0.05) is 23.2 Å². The van der Waals surface area contributed by atoms with Crippen LogP contribution >= 0.6 is 34.5 Å². The van der Waals surface area contributed by atoms with Gasteiger partial charge in [-0.3, -0.25) is 0 Å². The van der Waals surface area contributed by atoms with E-state index in [1.807, 2.05) is 30.5 Å². The van der Waals surface area contributed by atoms with Gasteiger partial charge in [0.15, 0.2) is 5.82 Å². The normalized spacial score (nSPS) is 11.1. The first-order chi connectivity index (χ1) is 11.6. The van der Waals surface area contributed by atoms with Crippen molar-refractivity contribution in [3.63, 3.8) is 0 Å². The molecule has 4 aromatic rings. The highest BCUT2D eigenvalue weighted by molar-refractivity contribution is 7.15. The highest BCUT2D eigenvalue weighted by atomic mass is 35.5. The lowest BCUT2D eigenvalue weighted by atomic mass is 10.2. The zero-order chi connectivity index (χ0) is 16.7. The summed E-state index contributed by atoms with van der Waals surface area (Å²) in [6.07, 6.45) is 0. The van der Waals surface area contributed by atoms with Gasteiger partial charge in [0.05, 0.1) is 16.4 Å². The predicted octanol–water partition coefficient (Wildman–Crippen LogP) is 4.61. The fourth-order valence-corrected chi connectivity index (χ4v) is 3.52. The summed E-state index contributed by atoms with van der Waals surface area (Å²) in [7, 11) is 0. The van der Waals surface area contributed by atoms with Gasteiger partial charge in [0, 0.05) is 16.0 Å². The van der Waals surface area contributed by atoms with E-state index in [-0.39, 0.29) is 0 Å². The fourth-order valence-electron chi connectivity index (χ4n) is 2.20. The van der Waals surface area contributed by atoms with Gasteiger partial charge >= 0.3 is 0 Å². The van der Waals surface area contributed by atoms with E-state index in [1.54, 1.807) is 16.6 Å². The zero-order valence-electron chi connectivity index (χ0n) is 12.4. The molecular formula is C15H10Cl2N6S. The molecule has 9 heteroatoms. The summed E-state index contributed by atoms with van der Waals surface area (Å²) in [5.74, 6) is 1.04. The predicted molar refractivity (Wildman–Crippen MR) is 96.4 cm³/mol. The van der Waals surface area contributed by atoms with Gasteiger partial charge in [-0.15, -0.1) is 21.5 Å². The van der Waals surface area contributed by atoms with Crippen LogP contribution in [0, 0.1) is 6.92 Å². The van der Waals surface area contributed by atoms with E-state index in [9.17, 15) is 0 Å². The molecule has 0 bridgehead atoms. The molecule has 3 heterocycles. The van der Waals surface area contributed by atoms with Crippen molar-refractivity contribution in [2.24, 2.45) is 0 Å². The highest BCUT2D eigenvalue weighted by Crippen LogP contribution is 2.33. The number of thiazole rings is 1. The SMILES string of the molecule is Cc1ccc(Nc2nc3scc(-c4ccc(Cl)cc4Cl)n3n2)nn1. The number of rotatable bonds is 3. The van der Waals surface area contributed by atoms with Crippen LogP contribution in [-0.4, -0.2) is 24.8 Å². The van der Waals surface area contributed by atoms with E-state index in [4.69, 9.17) is 23.2 Å². The van der Waals surface area contributed by atoms with Crippen LogP contribution in [0.15, 0.2) is 35.7 Å². The monoisotopic (exact) mass is 376 g/mol. The molecule has 0 atom stereocenters. The van der Waals surface area contributed by atoms with E-state index >= 15 is 0 Å². The molecule has 0 aliphatic rings. The molecule has 24 heavy (non-hydrogen) atoms. The van der Waals surface area contributed by atoms with Crippen molar-refractivity contribution in [3.05, 3.63) is 51.5 Å².